The molecule has 2 aliphatic rings. The highest BCUT2D eigenvalue weighted by molar-refractivity contribution is 5.82. The summed E-state index contributed by atoms with van der Waals surface area (Å²) in [6.07, 6.45) is 8.95. The number of benzene rings is 1. The first-order valence-electron chi connectivity index (χ1n) is 9.81. The molecule has 0 saturated heterocycles. The van der Waals surface area contributed by atoms with Gasteiger partial charge in [0.05, 0.1) is 18.1 Å². The van der Waals surface area contributed by atoms with Crippen molar-refractivity contribution in [2.45, 2.75) is 38.4 Å². The zero-order valence-corrected chi connectivity index (χ0v) is 15.4. The lowest BCUT2D eigenvalue weighted by atomic mass is 10.1. The molecule has 6 heteroatoms. The molecular weight excluding hydrogens is 338 g/mol. The van der Waals surface area contributed by atoms with Gasteiger partial charge in [0, 0.05) is 55.9 Å². The lowest BCUT2D eigenvalue weighted by molar-refractivity contribution is -0.121. The molecule has 1 fully saturated rings. The lowest BCUT2D eigenvalue weighted by Gasteiger charge is -2.34. The molecule has 5 rings (SSSR count). The Labute approximate surface area is 158 Å². The number of imidazole rings is 1. The monoisotopic (exact) mass is 363 g/mol. The molecule has 1 aromatic carbocycles. The average molecular weight is 363 g/mol. The van der Waals surface area contributed by atoms with Gasteiger partial charge in [-0.15, -0.1) is 0 Å². The summed E-state index contributed by atoms with van der Waals surface area (Å²) < 4.78 is 2.23. The van der Waals surface area contributed by atoms with Crippen molar-refractivity contribution < 1.29 is 4.79 Å². The molecule has 3 heterocycles. The van der Waals surface area contributed by atoms with Crippen LogP contribution in [0, 0.1) is 5.92 Å². The van der Waals surface area contributed by atoms with E-state index in [1.807, 2.05) is 18.7 Å². The van der Waals surface area contributed by atoms with Gasteiger partial charge in [0.25, 0.3) is 0 Å². The van der Waals surface area contributed by atoms with E-state index in [-0.39, 0.29) is 11.9 Å². The minimum absolute atomic E-state index is 0.188. The van der Waals surface area contributed by atoms with E-state index in [9.17, 15) is 4.79 Å². The minimum Gasteiger partial charge on any atom is -0.361 e. The number of hydrogen-bond acceptors (Lipinski definition) is 3. The summed E-state index contributed by atoms with van der Waals surface area (Å²) in [5.74, 6) is 0.812. The van der Waals surface area contributed by atoms with Gasteiger partial charge in [0.2, 0.25) is 5.91 Å². The molecule has 1 atom stereocenters. The van der Waals surface area contributed by atoms with Crippen LogP contribution in [0.2, 0.25) is 0 Å². The van der Waals surface area contributed by atoms with Crippen molar-refractivity contribution in [3.8, 4) is 0 Å². The predicted octanol–water partition coefficient (Wildman–Crippen LogP) is 2.84. The molecule has 1 saturated carbocycles. The van der Waals surface area contributed by atoms with Crippen molar-refractivity contribution in [1.29, 1.82) is 0 Å². The smallest absolute Gasteiger partial charge is 0.220 e. The summed E-state index contributed by atoms with van der Waals surface area (Å²) in [7, 11) is 0. The van der Waals surface area contributed by atoms with Crippen LogP contribution in [0.15, 0.2) is 43.0 Å². The van der Waals surface area contributed by atoms with Crippen molar-refractivity contribution in [3.05, 3.63) is 54.2 Å². The molecule has 3 aromatic rings. The fourth-order valence-electron chi connectivity index (χ4n) is 4.16. The van der Waals surface area contributed by atoms with E-state index in [2.05, 4.69) is 49.0 Å². The maximum atomic E-state index is 12.1. The van der Waals surface area contributed by atoms with Crippen molar-refractivity contribution in [1.82, 2.24) is 24.8 Å². The molecule has 0 radical (unpaired) electrons. The number of H-pyrrole nitrogens is 1. The summed E-state index contributed by atoms with van der Waals surface area (Å²) in [4.78, 5) is 22.2. The van der Waals surface area contributed by atoms with E-state index in [4.69, 9.17) is 0 Å². The van der Waals surface area contributed by atoms with E-state index < -0.39 is 0 Å². The number of aromatic nitrogens is 3. The van der Waals surface area contributed by atoms with Gasteiger partial charge in [-0.3, -0.25) is 9.69 Å². The summed E-state index contributed by atoms with van der Waals surface area (Å²) in [5, 5.41) is 4.43. The molecule has 27 heavy (non-hydrogen) atoms. The van der Waals surface area contributed by atoms with Crippen LogP contribution in [0.1, 0.15) is 36.6 Å². The van der Waals surface area contributed by atoms with Crippen LogP contribution in [0.3, 0.4) is 0 Å². The second kappa shape index (κ2) is 6.85. The van der Waals surface area contributed by atoms with Crippen molar-refractivity contribution in [2.75, 3.05) is 13.1 Å². The van der Waals surface area contributed by atoms with Gasteiger partial charge in [-0.1, -0.05) is 12.1 Å². The largest absolute Gasteiger partial charge is 0.361 e. The number of hydrogen-bond donors (Lipinski definition) is 2. The highest BCUT2D eigenvalue weighted by atomic mass is 16.1. The van der Waals surface area contributed by atoms with Gasteiger partial charge in [-0.25, -0.2) is 4.98 Å². The fourth-order valence-corrected chi connectivity index (χ4v) is 4.16. The molecular formula is C21H25N5O. The number of nitrogens with one attached hydrogen (secondary N) is 2. The van der Waals surface area contributed by atoms with Crippen LogP contribution >= 0.6 is 0 Å². The third-order valence-corrected chi connectivity index (χ3v) is 5.78. The van der Waals surface area contributed by atoms with Gasteiger partial charge in [0.15, 0.2) is 0 Å². The normalized spacial score (nSPS) is 19.9. The Morgan fingerprint density at radius 3 is 3.11 bits per heavy atom. The molecule has 1 aliphatic carbocycles. The van der Waals surface area contributed by atoms with Crippen LogP contribution in [0.5, 0.6) is 0 Å². The van der Waals surface area contributed by atoms with Crippen LogP contribution in [-0.2, 0) is 17.9 Å². The maximum Gasteiger partial charge on any atom is 0.220 e. The second-order valence-corrected chi connectivity index (χ2v) is 7.92. The molecule has 1 amide bonds. The fraction of sp³-hybridized carbons (Fsp3) is 0.429. The molecule has 6 nitrogen and oxygen atoms in total. The van der Waals surface area contributed by atoms with Gasteiger partial charge < -0.3 is 14.9 Å². The Kier molecular flexibility index (Phi) is 4.20. The van der Waals surface area contributed by atoms with Gasteiger partial charge in [-0.2, -0.15) is 0 Å². The van der Waals surface area contributed by atoms with Crippen molar-refractivity contribution in [2.24, 2.45) is 5.92 Å². The number of carbonyl (C=O) groups excluding carboxylic acids is 1. The van der Waals surface area contributed by atoms with Gasteiger partial charge in [-0.05, 0) is 36.5 Å². The van der Waals surface area contributed by atoms with E-state index in [1.54, 1.807) is 0 Å². The SMILES string of the molecule is O=C(CC1CC1)NC[C@H]1CN(Cc2cccc3[nH]ccc23)Cc2cncn21. The zero-order chi connectivity index (χ0) is 18.2. The number of nitrogens with zero attached hydrogens (tertiary/aromatic N) is 3. The predicted molar refractivity (Wildman–Crippen MR) is 104 cm³/mol. The average Bonchev–Trinajstić information content (AvgIpc) is 3.15. The minimum atomic E-state index is 0.188. The van der Waals surface area contributed by atoms with Gasteiger partial charge in [0.1, 0.15) is 0 Å². The Bertz CT molecular complexity index is 954. The second-order valence-electron chi connectivity index (χ2n) is 7.92. The Morgan fingerprint density at radius 1 is 1.30 bits per heavy atom. The lowest BCUT2D eigenvalue weighted by Crippen LogP contribution is -2.42. The molecule has 0 unspecified atom stereocenters. The third-order valence-electron chi connectivity index (χ3n) is 5.78. The first-order valence-corrected chi connectivity index (χ1v) is 9.81. The Morgan fingerprint density at radius 2 is 2.22 bits per heavy atom. The number of rotatable bonds is 6. The summed E-state index contributed by atoms with van der Waals surface area (Å²) in [5.41, 5.74) is 3.72. The van der Waals surface area contributed by atoms with Gasteiger partial charge >= 0.3 is 0 Å². The first kappa shape index (κ1) is 16.6. The number of fused-ring (bicyclic) bond motifs is 2. The molecule has 1 aliphatic heterocycles. The summed E-state index contributed by atoms with van der Waals surface area (Å²) in [6.45, 7) is 3.36. The van der Waals surface area contributed by atoms with Crippen LogP contribution in [0.25, 0.3) is 10.9 Å². The topological polar surface area (TPSA) is 66.0 Å². The van der Waals surface area contributed by atoms with Crippen LogP contribution in [0.4, 0.5) is 0 Å². The van der Waals surface area contributed by atoms with E-state index in [1.165, 1.54) is 35.0 Å². The highest BCUT2D eigenvalue weighted by Gasteiger charge is 2.27. The quantitative estimate of drug-likeness (QED) is 0.708. The molecule has 0 bridgehead atoms. The number of carbonyl (C=O) groups is 1. The van der Waals surface area contributed by atoms with Crippen LogP contribution < -0.4 is 5.32 Å². The highest BCUT2D eigenvalue weighted by Crippen LogP contribution is 2.32. The Hall–Kier alpha value is -2.60. The maximum absolute atomic E-state index is 12.1. The number of aromatic amines is 1. The summed E-state index contributed by atoms with van der Waals surface area (Å²) >= 11 is 0. The zero-order valence-electron chi connectivity index (χ0n) is 15.4. The summed E-state index contributed by atoms with van der Waals surface area (Å²) in [6, 6.07) is 8.80. The van der Waals surface area contributed by atoms with E-state index in [0.717, 1.165) is 19.6 Å². The number of amides is 1. The molecule has 2 N–H and O–H groups in total. The van der Waals surface area contributed by atoms with E-state index in [0.29, 0.717) is 18.9 Å². The molecule has 140 valence electrons. The van der Waals surface area contributed by atoms with Crippen molar-refractivity contribution in [3.63, 3.8) is 0 Å². The van der Waals surface area contributed by atoms with E-state index >= 15 is 0 Å². The molecule has 0 spiro atoms. The first-order chi connectivity index (χ1) is 13.3. The van der Waals surface area contributed by atoms with Crippen LogP contribution in [-0.4, -0.2) is 38.4 Å². The molecule has 2 aromatic heterocycles. The third kappa shape index (κ3) is 3.49. The Balaban J connectivity index is 1.30. The van der Waals surface area contributed by atoms with Crippen molar-refractivity contribution >= 4 is 16.8 Å². The standard InChI is InChI=1S/C21H25N5O/c27-21(8-15-4-5-15)24-10-18-13-25(12-17-9-22-14-26(17)18)11-16-2-1-3-20-19(16)6-7-23-20/h1-3,6-7,9,14-15,18,23H,4-5,8,10-13H2,(H,24,27)/t18-/m0/s1.